The number of nitrogens with zero attached hydrogens (tertiary/aromatic N) is 1. The van der Waals surface area contributed by atoms with Gasteiger partial charge in [-0.3, -0.25) is 24.0 Å². The number of nitrogens with two attached hydrogens (primary N) is 1. The van der Waals surface area contributed by atoms with E-state index >= 15 is 0 Å². The molecule has 0 spiro atoms. The lowest BCUT2D eigenvalue weighted by Crippen LogP contribution is -2.58. The summed E-state index contributed by atoms with van der Waals surface area (Å²) in [6.45, 7) is 3.78. The molecule has 0 saturated carbocycles. The molecule has 0 unspecified atom stereocenters. The zero-order valence-electron chi connectivity index (χ0n) is 25.6. The Kier molecular flexibility index (Phi) is 11.3. The van der Waals surface area contributed by atoms with Crippen LogP contribution in [0.5, 0.6) is 0 Å². The van der Waals surface area contributed by atoms with E-state index in [4.69, 9.17) is 5.73 Å². The number of hydrogen-bond donors (Lipinski definition) is 5. The number of likely N-dealkylation sites (tertiary alicyclic amines) is 1. The van der Waals surface area contributed by atoms with Crippen molar-refractivity contribution in [1.29, 1.82) is 0 Å². The molecular weight excluding hydrogens is 579 g/mol. The second-order valence-corrected chi connectivity index (χ2v) is 11.5. The van der Waals surface area contributed by atoms with Crippen molar-refractivity contribution in [3.8, 4) is 0 Å². The van der Waals surface area contributed by atoms with Crippen molar-refractivity contribution < 1.29 is 28.4 Å². The average molecular weight is 621 g/mol. The van der Waals surface area contributed by atoms with Crippen LogP contribution in [0.25, 0.3) is 10.9 Å². The lowest BCUT2D eigenvalue weighted by Gasteiger charge is -2.27. The molecule has 0 bridgehead atoms. The van der Waals surface area contributed by atoms with Crippen molar-refractivity contribution in [2.24, 2.45) is 5.73 Å². The van der Waals surface area contributed by atoms with Gasteiger partial charge in [0.25, 0.3) is 0 Å². The fourth-order valence-corrected chi connectivity index (χ4v) is 5.71. The number of carbonyl (C=O) groups excluding carboxylic acids is 5. The van der Waals surface area contributed by atoms with Crippen molar-refractivity contribution in [2.45, 2.75) is 83.0 Å². The molecule has 5 amide bonds. The Hall–Kier alpha value is -4.74. The largest absolute Gasteiger partial charge is 0.368 e. The van der Waals surface area contributed by atoms with Gasteiger partial charge in [-0.25, -0.2) is 4.39 Å². The van der Waals surface area contributed by atoms with Gasteiger partial charge in [0, 0.05) is 43.4 Å². The van der Waals surface area contributed by atoms with Gasteiger partial charge in [-0.1, -0.05) is 50.1 Å². The maximum Gasteiger partial charge on any atom is 0.243 e. The third kappa shape index (κ3) is 8.68. The number of fused-ring (bicyclic) bond motifs is 1. The van der Waals surface area contributed by atoms with Crippen LogP contribution in [0.15, 0.2) is 54.7 Å². The number of hydrogen-bond acceptors (Lipinski definition) is 5. The number of unbranched alkanes of at least 4 members (excludes halogenated alkanes) is 1. The molecule has 11 nitrogen and oxygen atoms in total. The van der Waals surface area contributed by atoms with Crippen LogP contribution in [0.4, 0.5) is 4.39 Å². The van der Waals surface area contributed by atoms with Gasteiger partial charge in [0.2, 0.25) is 29.5 Å². The van der Waals surface area contributed by atoms with E-state index in [9.17, 15) is 28.4 Å². The maximum absolute atomic E-state index is 13.7. The number of primary amides is 1. The van der Waals surface area contributed by atoms with E-state index in [1.54, 1.807) is 6.20 Å². The van der Waals surface area contributed by atoms with Crippen LogP contribution in [0.1, 0.15) is 57.1 Å². The molecule has 4 atom stereocenters. The van der Waals surface area contributed by atoms with Gasteiger partial charge < -0.3 is 31.6 Å². The van der Waals surface area contributed by atoms with Gasteiger partial charge in [-0.2, -0.15) is 0 Å². The standard InChI is InChI=1S/C33H41FN6O5/c1-3-4-9-26(31(43)38-27(30(35)42)18-22-19-36-25-10-6-5-8-24(22)25)37-32(44)28(17-21-12-14-23(34)15-13-21)39-33(45)29-11-7-16-40(29)20(2)41/h5-6,8,10,12-15,19,26-29,36H,3-4,7,9,11,16-18H2,1-2H3,(H2,35,42)(H,37,44)(H,38,43)(H,39,45)/t26-,27-,28+,29-/m0/s1. The van der Waals surface area contributed by atoms with Gasteiger partial charge >= 0.3 is 0 Å². The first-order valence-corrected chi connectivity index (χ1v) is 15.3. The number of halogens is 1. The molecule has 3 aromatic rings. The SMILES string of the molecule is CCCC[C@H](NC(=O)[C@@H](Cc1ccc(F)cc1)NC(=O)[C@@H]1CCCN1C(C)=O)C(=O)N[C@@H](Cc1c[nH]c2ccccc12)C(N)=O. The molecule has 12 heteroatoms. The molecule has 240 valence electrons. The van der Waals surface area contributed by atoms with E-state index in [0.717, 1.165) is 22.9 Å². The van der Waals surface area contributed by atoms with Gasteiger partial charge in [0.15, 0.2) is 0 Å². The van der Waals surface area contributed by atoms with Gasteiger partial charge in [-0.05, 0) is 48.6 Å². The van der Waals surface area contributed by atoms with E-state index in [2.05, 4.69) is 20.9 Å². The minimum absolute atomic E-state index is 0.0250. The Bertz CT molecular complexity index is 1520. The molecule has 0 aliphatic carbocycles. The van der Waals surface area contributed by atoms with E-state index in [1.807, 2.05) is 31.2 Å². The predicted molar refractivity (Wildman–Crippen MR) is 167 cm³/mol. The first kappa shape index (κ1) is 33.2. The number of aromatic amines is 1. The van der Waals surface area contributed by atoms with Crippen molar-refractivity contribution in [3.63, 3.8) is 0 Å². The highest BCUT2D eigenvalue weighted by Crippen LogP contribution is 2.20. The van der Waals surface area contributed by atoms with Crippen LogP contribution < -0.4 is 21.7 Å². The summed E-state index contributed by atoms with van der Waals surface area (Å²) < 4.78 is 13.6. The highest BCUT2D eigenvalue weighted by molar-refractivity contribution is 5.96. The lowest BCUT2D eigenvalue weighted by molar-refractivity contribution is -0.138. The second-order valence-electron chi connectivity index (χ2n) is 11.5. The van der Waals surface area contributed by atoms with Gasteiger partial charge in [0.1, 0.15) is 30.0 Å². The number of carbonyl (C=O) groups is 5. The van der Waals surface area contributed by atoms with Crippen molar-refractivity contribution >= 4 is 40.4 Å². The van der Waals surface area contributed by atoms with Crippen LogP contribution in [0, 0.1) is 5.82 Å². The first-order valence-electron chi connectivity index (χ1n) is 15.3. The molecular formula is C33H41FN6O5. The third-order valence-corrected chi connectivity index (χ3v) is 8.18. The molecule has 1 aromatic heterocycles. The highest BCUT2D eigenvalue weighted by atomic mass is 19.1. The van der Waals surface area contributed by atoms with Crippen LogP contribution >= 0.6 is 0 Å². The summed E-state index contributed by atoms with van der Waals surface area (Å²) in [5.74, 6) is -3.08. The van der Waals surface area contributed by atoms with E-state index in [-0.39, 0.29) is 25.2 Å². The molecule has 2 aromatic carbocycles. The molecule has 1 aliphatic rings. The number of H-pyrrole nitrogens is 1. The number of rotatable bonds is 14. The Labute approximate surface area is 261 Å². The summed E-state index contributed by atoms with van der Waals surface area (Å²) in [7, 11) is 0. The summed E-state index contributed by atoms with van der Waals surface area (Å²) in [6, 6.07) is 9.23. The molecule has 0 radical (unpaired) electrons. The summed E-state index contributed by atoms with van der Waals surface area (Å²) >= 11 is 0. The summed E-state index contributed by atoms with van der Waals surface area (Å²) in [5, 5.41) is 9.15. The Morgan fingerprint density at radius 1 is 0.956 bits per heavy atom. The fraction of sp³-hybridized carbons (Fsp3) is 0.424. The minimum Gasteiger partial charge on any atom is -0.368 e. The van der Waals surface area contributed by atoms with E-state index < -0.39 is 53.6 Å². The monoisotopic (exact) mass is 620 g/mol. The zero-order valence-corrected chi connectivity index (χ0v) is 25.6. The van der Waals surface area contributed by atoms with Crippen LogP contribution in [0.2, 0.25) is 0 Å². The quantitative estimate of drug-likeness (QED) is 0.186. The van der Waals surface area contributed by atoms with Crippen LogP contribution in [-0.2, 0) is 36.8 Å². The van der Waals surface area contributed by atoms with Crippen molar-refractivity contribution in [1.82, 2.24) is 25.8 Å². The van der Waals surface area contributed by atoms with E-state index in [0.29, 0.717) is 31.4 Å². The summed E-state index contributed by atoms with van der Waals surface area (Å²) in [6.07, 6.45) is 4.69. The topological polar surface area (TPSA) is 166 Å². The van der Waals surface area contributed by atoms with Crippen molar-refractivity contribution in [3.05, 3.63) is 71.7 Å². The highest BCUT2D eigenvalue weighted by Gasteiger charge is 2.35. The van der Waals surface area contributed by atoms with Crippen molar-refractivity contribution in [2.75, 3.05) is 6.54 Å². The molecule has 1 fully saturated rings. The normalized spacial score (nSPS) is 16.5. The summed E-state index contributed by atoms with van der Waals surface area (Å²) in [5.41, 5.74) is 7.96. The number of amides is 5. The number of para-hydroxylation sites is 1. The van der Waals surface area contributed by atoms with Gasteiger partial charge in [-0.15, -0.1) is 0 Å². The molecule has 1 aliphatic heterocycles. The second kappa shape index (κ2) is 15.3. The Morgan fingerprint density at radius 2 is 1.64 bits per heavy atom. The fourth-order valence-electron chi connectivity index (χ4n) is 5.71. The molecule has 2 heterocycles. The third-order valence-electron chi connectivity index (χ3n) is 8.18. The molecule has 45 heavy (non-hydrogen) atoms. The maximum atomic E-state index is 13.7. The smallest absolute Gasteiger partial charge is 0.243 e. The average Bonchev–Trinajstić information content (AvgIpc) is 3.67. The zero-order chi connectivity index (χ0) is 32.5. The van der Waals surface area contributed by atoms with Crippen LogP contribution in [-0.4, -0.2) is 70.1 Å². The number of nitrogens with one attached hydrogen (secondary N) is 4. The molecule has 6 N–H and O–H groups in total. The minimum atomic E-state index is -1.12. The Morgan fingerprint density at radius 3 is 2.33 bits per heavy atom. The molecule has 1 saturated heterocycles. The number of aromatic nitrogens is 1. The lowest BCUT2D eigenvalue weighted by atomic mass is 10.0. The first-order chi connectivity index (χ1) is 21.6. The van der Waals surface area contributed by atoms with E-state index in [1.165, 1.54) is 36.1 Å². The number of benzene rings is 2. The summed E-state index contributed by atoms with van der Waals surface area (Å²) in [4.78, 5) is 69.7. The van der Waals surface area contributed by atoms with Crippen LogP contribution in [0.3, 0.4) is 0 Å². The Balaban J connectivity index is 1.51. The molecule has 4 rings (SSSR count). The predicted octanol–water partition coefficient (Wildman–Crippen LogP) is 2.23. The van der Waals surface area contributed by atoms with Gasteiger partial charge in [0.05, 0.1) is 0 Å².